The lowest BCUT2D eigenvalue weighted by atomic mass is 10.2. The second-order valence-electron chi connectivity index (χ2n) is 5.86. The van der Waals surface area contributed by atoms with Crippen molar-refractivity contribution in [3.05, 3.63) is 35.9 Å². The fraction of sp³-hybridized carbons (Fsp3) is 0.500. The molecule has 0 unspecified atom stereocenters. The van der Waals surface area contributed by atoms with Crippen LogP contribution in [-0.4, -0.2) is 34.6 Å². The van der Waals surface area contributed by atoms with Crippen molar-refractivity contribution >= 4 is 23.8 Å². The molecule has 0 heterocycles. The van der Waals surface area contributed by atoms with Gasteiger partial charge in [0.25, 0.3) is 0 Å². The highest BCUT2D eigenvalue weighted by Gasteiger charge is 2.23. The molecule has 1 aromatic rings. The third kappa shape index (κ3) is 7.93. The van der Waals surface area contributed by atoms with Crippen LogP contribution in [0.25, 0.3) is 0 Å². The number of carboxylic acid groups (broad SMARTS) is 1. The molecule has 0 spiro atoms. The lowest BCUT2D eigenvalue weighted by molar-refractivity contribution is -0.139. The Morgan fingerprint density at radius 1 is 1.27 bits per heavy atom. The number of rotatable bonds is 7. The van der Waals surface area contributed by atoms with Gasteiger partial charge in [-0.3, -0.25) is 0 Å². The Bertz CT molecular complexity index is 485. The van der Waals surface area contributed by atoms with Gasteiger partial charge in [0.05, 0.1) is 0 Å². The first-order chi connectivity index (χ1) is 10.3. The second kappa shape index (κ2) is 8.68. The molecule has 0 aliphatic rings. The first-order valence-electron chi connectivity index (χ1n) is 7.12. The van der Waals surface area contributed by atoms with Crippen molar-refractivity contribution in [2.75, 3.05) is 5.75 Å². The van der Waals surface area contributed by atoms with E-state index in [1.165, 1.54) is 5.56 Å². The maximum atomic E-state index is 11.6. The molecule has 1 atom stereocenters. The number of carboxylic acids is 1. The molecule has 1 rings (SSSR count). The van der Waals surface area contributed by atoms with E-state index in [1.807, 2.05) is 30.3 Å². The zero-order chi connectivity index (χ0) is 16.6. The number of hydrogen-bond acceptors (Lipinski definition) is 4. The highest BCUT2D eigenvalue weighted by molar-refractivity contribution is 7.98. The van der Waals surface area contributed by atoms with Gasteiger partial charge in [0, 0.05) is 5.75 Å². The minimum absolute atomic E-state index is 0.353. The molecular formula is C16H23NO4S. The van der Waals surface area contributed by atoms with Crippen LogP contribution in [0, 0.1) is 0 Å². The first-order valence-corrected chi connectivity index (χ1v) is 8.27. The number of alkyl carbamates (subject to hydrolysis) is 1. The minimum atomic E-state index is -1.05. The van der Waals surface area contributed by atoms with Crippen LogP contribution >= 0.6 is 11.8 Å². The molecule has 0 bridgehead atoms. The smallest absolute Gasteiger partial charge is 0.408 e. The lowest BCUT2D eigenvalue weighted by Gasteiger charge is -2.21. The van der Waals surface area contributed by atoms with E-state index in [1.54, 1.807) is 32.5 Å². The Morgan fingerprint density at radius 2 is 1.91 bits per heavy atom. The number of hydrogen-bond donors (Lipinski definition) is 2. The minimum Gasteiger partial charge on any atom is -0.480 e. The van der Waals surface area contributed by atoms with Gasteiger partial charge in [0.2, 0.25) is 0 Å². The van der Waals surface area contributed by atoms with E-state index in [0.717, 1.165) is 5.75 Å². The van der Waals surface area contributed by atoms with E-state index >= 15 is 0 Å². The van der Waals surface area contributed by atoms with Gasteiger partial charge < -0.3 is 15.2 Å². The van der Waals surface area contributed by atoms with E-state index in [-0.39, 0.29) is 0 Å². The number of benzene rings is 1. The molecule has 0 aromatic heterocycles. The summed E-state index contributed by atoms with van der Waals surface area (Å²) in [6, 6.07) is 9.03. The Balaban J connectivity index is 2.35. The average Bonchev–Trinajstić information content (AvgIpc) is 2.41. The van der Waals surface area contributed by atoms with E-state index in [2.05, 4.69) is 5.32 Å². The van der Waals surface area contributed by atoms with Gasteiger partial charge in [0.1, 0.15) is 11.6 Å². The average molecular weight is 325 g/mol. The Morgan fingerprint density at radius 3 is 2.45 bits per heavy atom. The molecule has 1 aromatic carbocycles. The van der Waals surface area contributed by atoms with E-state index in [0.29, 0.717) is 12.2 Å². The summed E-state index contributed by atoms with van der Waals surface area (Å²) in [5, 5.41) is 11.6. The summed E-state index contributed by atoms with van der Waals surface area (Å²) >= 11 is 1.64. The van der Waals surface area contributed by atoms with Gasteiger partial charge in [-0.05, 0) is 38.5 Å². The molecule has 2 N–H and O–H groups in total. The molecule has 122 valence electrons. The van der Waals surface area contributed by atoms with Crippen LogP contribution in [0.15, 0.2) is 30.3 Å². The van der Waals surface area contributed by atoms with Crippen LogP contribution in [0.3, 0.4) is 0 Å². The Kier molecular flexibility index (Phi) is 7.24. The maximum Gasteiger partial charge on any atom is 0.408 e. The van der Waals surface area contributed by atoms with E-state index in [4.69, 9.17) is 9.84 Å². The number of ether oxygens (including phenoxy) is 1. The number of aliphatic carboxylic acids is 1. The number of nitrogens with one attached hydrogen (secondary N) is 1. The van der Waals surface area contributed by atoms with Gasteiger partial charge >= 0.3 is 12.1 Å². The predicted octanol–water partition coefficient (Wildman–Crippen LogP) is 3.29. The van der Waals surface area contributed by atoms with Crippen LogP contribution < -0.4 is 5.32 Å². The van der Waals surface area contributed by atoms with E-state index < -0.39 is 23.7 Å². The van der Waals surface area contributed by atoms with Crippen molar-refractivity contribution in [2.24, 2.45) is 0 Å². The van der Waals surface area contributed by atoms with Crippen molar-refractivity contribution in [3.63, 3.8) is 0 Å². The van der Waals surface area contributed by atoms with Gasteiger partial charge in [-0.15, -0.1) is 0 Å². The predicted molar refractivity (Wildman–Crippen MR) is 88.0 cm³/mol. The third-order valence-electron chi connectivity index (χ3n) is 2.65. The molecule has 6 heteroatoms. The van der Waals surface area contributed by atoms with Gasteiger partial charge in [-0.25, -0.2) is 9.59 Å². The quantitative estimate of drug-likeness (QED) is 0.752. The summed E-state index contributed by atoms with van der Waals surface area (Å²) in [6.45, 7) is 5.20. The van der Waals surface area contributed by atoms with Crippen molar-refractivity contribution in [1.82, 2.24) is 5.32 Å². The van der Waals surface area contributed by atoms with Crippen LogP contribution in [-0.2, 0) is 15.3 Å². The first kappa shape index (κ1) is 18.4. The molecule has 0 radical (unpaired) electrons. The second-order valence-corrected chi connectivity index (χ2v) is 6.97. The summed E-state index contributed by atoms with van der Waals surface area (Å²) in [5.41, 5.74) is 0.550. The molecule has 1 amide bonds. The largest absolute Gasteiger partial charge is 0.480 e. The number of carbonyl (C=O) groups excluding carboxylic acids is 1. The van der Waals surface area contributed by atoms with Crippen molar-refractivity contribution in [3.8, 4) is 0 Å². The molecule has 0 saturated carbocycles. The molecule has 5 nitrogen and oxygen atoms in total. The van der Waals surface area contributed by atoms with Crippen molar-refractivity contribution < 1.29 is 19.4 Å². The van der Waals surface area contributed by atoms with Gasteiger partial charge in [0.15, 0.2) is 0 Å². The zero-order valence-corrected chi connectivity index (χ0v) is 14.0. The lowest BCUT2D eigenvalue weighted by Crippen LogP contribution is -2.43. The van der Waals surface area contributed by atoms with Crippen LogP contribution in [0.2, 0.25) is 0 Å². The highest BCUT2D eigenvalue weighted by Crippen LogP contribution is 2.14. The monoisotopic (exact) mass is 325 g/mol. The Labute approximate surface area is 135 Å². The fourth-order valence-corrected chi connectivity index (χ4v) is 2.65. The summed E-state index contributed by atoms with van der Waals surface area (Å²) < 4.78 is 5.07. The number of carbonyl (C=O) groups is 2. The fourth-order valence-electron chi connectivity index (χ4n) is 1.67. The van der Waals surface area contributed by atoms with Crippen molar-refractivity contribution in [2.45, 2.75) is 44.6 Å². The molecule has 0 saturated heterocycles. The van der Waals surface area contributed by atoms with E-state index in [9.17, 15) is 9.59 Å². The van der Waals surface area contributed by atoms with Crippen molar-refractivity contribution in [1.29, 1.82) is 0 Å². The van der Waals surface area contributed by atoms with Crippen LogP contribution in [0.4, 0.5) is 4.79 Å². The number of amides is 1. The van der Waals surface area contributed by atoms with Gasteiger partial charge in [-0.2, -0.15) is 11.8 Å². The van der Waals surface area contributed by atoms with Crippen LogP contribution in [0.5, 0.6) is 0 Å². The Hall–Kier alpha value is -1.69. The number of thioether (sulfide) groups is 1. The molecule has 0 aliphatic carbocycles. The summed E-state index contributed by atoms with van der Waals surface area (Å²) in [7, 11) is 0. The molecule has 0 fully saturated rings. The van der Waals surface area contributed by atoms with Gasteiger partial charge in [-0.1, -0.05) is 30.3 Å². The normalized spacial score (nSPS) is 12.5. The SMILES string of the molecule is CC(C)(C)OC(=O)N[C@H](CCSCc1ccccc1)C(=O)O. The molecule has 0 aliphatic heterocycles. The summed E-state index contributed by atoms with van der Waals surface area (Å²) in [6.07, 6.45) is -0.348. The third-order valence-corrected chi connectivity index (χ3v) is 3.71. The standard InChI is InChI=1S/C16H23NO4S/c1-16(2,3)21-15(20)17-13(14(18)19)9-10-22-11-12-7-5-4-6-8-12/h4-8,13H,9-11H2,1-3H3,(H,17,20)(H,18,19)/t13-/m1/s1. The molecule has 22 heavy (non-hydrogen) atoms. The topological polar surface area (TPSA) is 75.6 Å². The highest BCUT2D eigenvalue weighted by atomic mass is 32.2. The molecular weight excluding hydrogens is 302 g/mol. The summed E-state index contributed by atoms with van der Waals surface area (Å²) in [5.74, 6) is 0.410. The summed E-state index contributed by atoms with van der Waals surface area (Å²) in [4.78, 5) is 22.8. The van der Waals surface area contributed by atoms with Crippen LogP contribution in [0.1, 0.15) is 32.8 Å². The maximum absolute atomic E-state index is 11.6. The zero-order valence-electron chi connectivity index (χ0n) is 13.2.